The highest BCUT2D eigenvalue weighted by Crippen LogP contribution is 2.19. The number of aryl methyl sites for hydroxylation is 2. The average molecular weight is 397 g/mol. The zero-order chi connectivity index (χ0) is 19.8. The summed E-state index contributed by atoms with van der Waals surface area (Å²) in [6, 6.07) is 17.6. The summed E-state index contributed by atoms with van der Waals surface area (Å²) < 4.78 is 7.20. The molecule has 0 radical (unpaired) electrons. The van der Waals surface area contributed by atoms with Gasteiger partial charge < -0.3 is 14.6 Å². The highest BCUT2D eigenvalue weighted by Gasteiger charge is 2.13. The van der Waals surface area contributed by atoms with Gasteiger partial charge in [0.2, 0.25) is 5.91 Å². The Morgan fingerprint density at radius 2 is 1.82 bits per heavy atom. The van der Waals surface area contributed by atoms with E-state index in [1.165, 1.54) is 17.3 Å². The summed E-state index contributed by atoms with van der Waals surface area (Å²) in [6.45, 7) is 2.84. The zero-order valence-electron chi connectivity index (χ0n) is 16.1. The lowest BCUT2D eigenvalue weighted by Gasteiger charge is -2.08. The minimum Gasteiger partial charge on any atom is -0.497 e. The number of methoxy groups -OCH3 is 1. The van der Waals surface area contributed by atoms with Crippen LogP contribution < -0.4 is 10.1 Å². The van der Waals surface area contributed by atoms with Gasteiger partial charge in [0, 0.05) is 18.7 Å². The molecule has 3 rings (SSSR count). The summed E-state index contributed by atoms with van der Waals surface area (Å²) in [5.74, 6) is 1.91. The molecule has 0 aliphatic rings. The lowest BCUT2D eigenvalue weighted by Crippen LogP contribution is -2.14. The summed E-state index contributed by atoms with van der Waals surface area (Å²) >= 11 is 1.40. The van der Waals surface area contributed by atoms with E-state index >= 15 is 0 Å². The van der Waals surface area contributed by atoms with Crippen LogP contribution in [0.4, 0.5) is 5.69 Å². The van der Waals surface area contributed by atoms with Gasteiger partial charge in [0.05, 0.1) is 12.9 Å². The predicted octanol–water partition coefficient (Wildman–Crippen LogP) is 3.82. The van der Waals surface area contributed by atoms with E-state index in [2.05, 4.69) is 39.1 Å². The van der Waals surface area contributed by atoms with Crippen LogP contribution in [-0.4, -0.2) is 33.5 Å². The second kappa shape index (κ2) is 9.94. The van der Waals surface area contributed by atoms with E-state index in [0.29, 0.717) is 0 Å². The van der Waals surface area contributed by atoms with Crippen molar-refractivity contribution in [1.82, 2.24) is 14.8 Å². The first kappa shape index (κ1) is 19.9. The molecule has 3 aromatic rings. The smallest absolute Gasteiger partial charge is 0.234 e. The molecule has 0 bridgehead atoms. The molecule has 146 valence electrons. The number of carbonyl (C=O) groups is 1. The van der Waals surface area contributed by atoms with Crippen LogP contribution in [0.15, 0.2) is 59.8 Å². The number of thioether (sulfide) groups is 1. The number of ether oxygens (including phenoxy) is 1. The van der Waals surface area contributed by atoms with Gasteiger partial charge in [-0.25, -0.2) is 0 Å². The molecular weight excluding hydrogens is 372 g/mol. The maximum Gasteiger partial charge on any atom is 0.234 e. The molecule has 0 fully saturated rings. The molecular formula is C21H24N4O2S. The molecule has 0 spiro atoms. The Balaban J connectivity index is 1.54. The van der Waals surface area contributed by atoms with Crippen LogP contribution in [0, 0.1) is 0 Å². The second-order valence-electron chi connectivity index (χ2n) is 6.19. The summed E-state index contributed by atoms with van der Waals surface area (Å²) in [4.78, 5) is 12.2. The fourth-order valence-electron chi connectivity index (χ4n) is 2.83. The highest BCUT2D eigenvalue weighted by molar-refractivity contribution is 7.99. The molecule has 0 saturated carbocycles. The molecule has 0 aliphatic heterocycles. The third-order valence-electron chi connectivity index (χ3n) is 4.30. The first-order valence-electron chi connectivity index (χ1n) is 9.22. The van der Waals surface area contributed by atoms with Crippen LogP contribution in [-0.2, 0) is 24.2 Å². The number of aromatic nitrogens is 3. The van der Waals surface area contributed by atoms with Gasteiger partial charge >= 0.3 is 0 Å². The van der Waals surface area contributed by atoms with Gasteiger partial charge in [-0.2, -0.15) is 0 Å². The molecule has 0 saturated heterocycles. The van der Waals surface area contributed by atoms with Crippen molar-refractivity contribution in [3.8, 4) is 5.75 Å². The van der Waals surface area contributed by atoms with Gasteiger partial charge in [-0.3, -0.25) is 4.79 Å². The molecule has 1 heterocycles. The number of benzene rings is 2. The van der Waals surface area contributed by atoms with E-state index in [4.69, 9.17) is 4.74 Å². The molecule has 28 heavy (non-hydrogen) atoms. The largest absolute Gasteiger partial charge is 0.497 e. The molecule has 0 unspecified atom stereocenters. The number of hydrogen-bond donors (Lipinski definition) is 1. The van der Waals surface area contributed by atoms with Crippen molar-refractivity contribution >= 4 is 23.4 Å². The second-order valence-corrected chi connectivity index (χ2v) is 7.14. The predicted molar refractivity (Wildman–Crippen MR) is 112 cm³/mol. The number of nitrogens with one attached hydrogen (secondary N) is 1. The summed E-state index contributed by atoms with van der Waals surface area (Å²) in [7, 11) is 1.61. The van der Waals surface area contributed by atoms with Crippen LogP contribution >= 0.6 is 11.8 Å². The van der Waals surface area contributed by atoms with Crippen LogP contribution in [0.2, 0.25) is 0 Å². The minimum atomic E-state index is -0.0772. The van der Waals surface area contributed by atoms with Gasteiger partial charge in [-0.05, 0) is 43.2 Å². The van der Waals surface area contributed by atoms with Crippen molar-refractivity contribution in [2.24, 2.45) is 0 Å². The number of anilines is 1. The number of hydrogen-bond acceptors (Lipinski definition) is 5. The Labute approximate surface area is 169 Å². The van der Waals surface area contributed by atoms with Crippen molar-refractivity contribution in [2.75, 3.05) is 18.2 Å². The Kier molecular flexibility index (Phi) is 7.08. The first-order valence-corrected chi connectivity index (χ1v) is 10.2. The molecule has 6 nitrogen and oxygen atoms in total. The van der Waals surface area contributed by atoms with E-state index in [0.717, 1.165) is 41.8 Å². The Morgan fingerprint density at radius 3 is 2.50 bits per heavy atom. The fourth-order valence-corrected chi connectivity index (χ4v) is 3.65. The van der Waals surface area contributed by atoms with E-state index < -0.39 is 0 Å². The number of nitrogens with zero attached hydrogens (tertiary/aromatic N) is 3. The maximum atomic E-state index is 12.2. The van der Waals surface area contributed by atoms with E-state index in [-0.39, 0.29) is 11.7 Å². The third kappa shape index (κ3) is 5.36. The van der Waals surface area contributed by atoms with E-state index in [9.17, 15) is 4.79 Å². The normalized spacial score (nSPS) is 10.6. The van der Waals surface area contributed by atoms with Gasteiger partial charge in [0.25, 0.3) is 0 Å². The molecule has 0 atom stereocenters. The molecule has 1 aromatic heterocycles. The number of rotatable bonds is 9. The molecule has 0 aliphatic carbocycles. The summed E-state index contributed by atoms with van der Waals surface area (Å²) in [6.07, 6.45) is 1.74. The summed E-state index contributed by atoms with van der Waals surface area (Å²) in [5.41, 5.74) is 2.02. The van der Waals surface area contributed by atoms with Crippen molar-refractivity contribution in [3.63, 3.8) is 0 Å². The average Bonchev–Trinajstić information content (AvgIpc) is 3.14. The lowest BCUT2D eigenvalue weighted by atomic mass is 10.1. The lowest BCUT2D eigenvalue weighted by molar-refractivity contribution is -0.113. The standard InChI is InChI=1S/C21H24N4O2S/c1-3-25-19(14-9-16-7-5-4-6-8-16)23-24-21(25)28-15-20(26)22-17-10-12-18(27-2)13-11-17/h4-8,10-13H,3,9,14-15H2,1-2H3,(H,22,26). The highest BCUT2D eigenvalue weighted by atomic mass is 32.2. The van der Waals surface area contributed by atoms with Gasteiger partial charge in [-0.1, -0.05) is 42.1 Å². The molecule has 1 N–H and O–H groups in total. The van der Waals surface area contributed by atoms with Crippen molar-refractivity contribution < 1.29 is 9.53 Å². The zero-order valence-corrected chi connectivity index (χ0v) is 16.9. The number of carbonyl (C=O) groups excluding carboxylic acids is 1. The summed E-state index contributed by atoms with van der Waals surface area (Å²) in [5, 5.41) is 12.3. The Bertz CT molecular complexity index is 895. The topological polar surface area (TPSA) is 69.0 Å². The number of amides is 1. The third-order valence-corrected chi connectivity index (χ3v) is 5.26. The van der Waals surface area contributed by atoms with Gasteiger partial charge in [0.15, 0.2) is 5.16 Å². The Morgan fingerprint density at radius 1 is 1.07 bits per heavy atom. The molecule has 1 amide bonds. The Hall–Kier alpha value is -2.80. The van der Waals surface area contributed by atoms with Crippen LogP contribution in [0.1, 0.15) is 18.3 Å². The fraction of sp³-hybridized carbons (Fsp3) is 0.286. The van der Waals surface area contributed by atoms with Crippen LogP contribution in [0.25, 0.3) is 0 Å². The van der Waals surface area contributed by atoms with Crippen molar-refractivity contribution in [1.29, 1.82) is 0 Å². The monoisotopic (exact) mass is 396 g/mol. The first-order chi connectivity index (χ1) is 13.7. The van der Waals surface area contributed by atoms with Crippen LogP contribution in [0.5, 0.6) is 5.75 Å². The molecule has 7 heteroatoms. The SMILES string of the molecule is CCn1c(CCc2ccccc2)nnc1SCC(=O)Nc1ccc(OC)cc1. The minimum absolute atomic E-state index is 0.0772. The van der Waals surface area contributed by atoms with Crippen LogP contribution in [0.3, 0.4) is 0 Å². The maximum absolute atomic E-state index is 12.2. The molecule has 2 aromatic carbocycles. The van der Waals surface area contributed by atoms with E-state index in [1.54, 1.807) is 7.11 Å². The van der Waals surface area contributed by atoms with E-state index in [1.807, 2.05) is 42.5 Å². The quantitative estimate of drug-likeness (QED) is 0.557. The van der Waals surface area contributed by atoms with Crippen molar-refractivity contribution in [2.45, 2.75) is 31.5 Å². The van der Waals surface area contributed by atoms with Crippen molar-refractivity contribution in [3.05, 3.63) is 66.0 Å². The van der Waals surface area contributed by atoms with Gasteiger partial charge in [0.1, 0.15) is 11.6 Å². The van der Waals surface area contributed by atoms with Gasteiger partial charge in [-0.15, -0.1) is 10.2 Å².